The molecule has 0 saturated carbocycles. The molecule has 0 bridgehead atoms. The van der Waals surface area contributed by atoms with Crippen LogP contribution in [0.15, 0.2) is 29.3 Å². The van der Waals surface area contributed by atoms with Gasteiger partial charge >= 0.3 is 6.18 Å². The molecule has 0 aromatic heterocycles. The van der Waals surface area contributed by atoms with Crippen molar-refractivity contribution in [3.8, 4) is 0 Å². The fraction of sp³-hybridized carbons (Fsp3) is 0.650. The minimum atomic E-state index is -4.28. The molecule has 28 heavy (non-hydrogen) atoms. The lowest BCUT2D eigenvalue weighted by molar-refractivity contribution is -0.173. The van der Waals surface area contributed by atoms with Crippen molar-refractivity contribution in [2.24, 2.45) is 4.99 Å². The van der Waals surface area contributed by atoms with Crippen molar-refractivity contribution in [2.75, 3.05) is 44.3 Å². The second-order valence-corrected chi connectivity index (χ2v) is 6.94. The number of hydrogen-bond donors (Lipinski definition) is 2. The first-order chi connectivity index (χ1) is 13.4. The smallest absolute Gasteiger partial charge is 0.372 e. The standard InChI is InChI=1S/C20H31F3N4O/c1-3-24-19(25-10-7-13-28-15-20(21,22)23)26-16(2)17-8-6-9-18(14-17)27-11-4-5-12-27/h6,8-9,14,16H,3-5,7,10-13,15H2,1-2H3,(H2,24,25,26). The fourth-order valence-electron chi connectivity index (χ4n) is 3.12. The quantitative estimate of drug-likeness (QED) is 0.375. The first-order valence-corrected chi connectivity index (χ1v) is 9.93. The van der Waals surface area contributed by atoms with E-state index in [1.54, 1.807) is 0 Å². The first kappa shape index (κ1) is 22.3. The maximum Gasteiger partial charge on any atom is 0.411 e. The van der Waals surface area contributed by atoms with Crippen LogP contribution in [-0.4, -0.2) is 51.5 Å². The maximum atomic E-state index is 12.0. The number of hydrogen-bond acceptors (Lipinski definition) is 3. The van der Waals surface area contributed by atoms with Crippen LogP contribution in [0.2, 0.25) is 0 Å². The summed E-state index contributed by atoms with van der Waals surface area (Å²) >= 11 is 0. The SMILES string of the molecule is CCNC(=NCCCOCC(F)(F)F)NC(C)c1cccc(N2CCCC2)c1. The van der Waals surface area contributed by atoms with Gasteiger partial charge in [-0.1, -0.05) is 12.1 Å². The second-order valence-electron chi connectivity index (χ2n) is 6.94. The van der Waals surface area contributed by atoms with Crippen molar-refractivity contribution in [1.29, 1.82) is 0 Å². The van der Waals surface area contributed by atoms with E-state index in [1.165, 1.54) is 24.1 Å². The molecule has 1 aromatic rings. The Morgan fingerprint density at radius 1 is 1.29 bits per heavy atom. The number of anilines is 1. The van der Waals surface area contributed by atoms with Crippen molar-refractivity contribution in [2.45, 2.75) is 45.3 Å². The molecule has 1 aromatic carbocycles. The van der Waals surface area contributed by atoms with Gasteiger partial charge in [0.2, 0.25) is 0 Å². The van der Waals surface area contributed by atoms with Crippen LogP contribution in [0.1, 0.15) is 44.7 Å². The van der Waals surface area contributed by atoms with Crippen LogP contribution in [0.25, 0.3) is 0 Å². The van der Waals surface area contributed by atoms with E-state index in [2.05, 4.69) is 56.5 Å². The van der Waals surface area contributed by atoms with Gasteiger partial charge in [-0.05, 0) is 50.8 Å². The van der Waals surface area contributed by atoms with Crippen LogP contribution in [0, 0.1) is 0 Å². The van der Waals surface area contributed by atoms with E-state index in [1.807, 2.05) is 6.92 Å². The molecule has 1 aliphatic heterocycles. The molecule has 1 saturated heterocycles. The van der Waals surface area contributed by atoms with E-state index < -0.39 is 12.8 Å². The highest BCUT2D eigenvalue weighted by atomic mass is 19.4. The zero-order valence-electron chi connectivity index (χ0n) is 16.7. The molecule has 8 heteroatoms. The molecule has 2 rings (SSSR count). The van der Waals surface area contributed by atoms with Crippen molar-refractivity contribution < 1.29 is 17.9 Å². The van der Waals surface area contributed by atoms with Gasteiger partial charge in [-0.3, -0.25) is 4.99 Å². The van der Waals surface area contributed by atoms with Gasteiger partial charge in [0.15, 0.2) is 5.96 Å². The minimum absolute atomic E-state index is 0.0375. The summed E-state index contributed by atoms with van der Waals surface area (Å²) in [4.78, 5) is 6.83. The molecule has 1 aliphatic rings. The third-order valence-electron chi connectivity index (χ3n) is 4.52. The molecule has 1 atom stereocenters. The van der Waals surface area contributed by atoms with Crippen LogP contribution in [0.5, 0.6) is 0 Å². The lowest BCUT2D eigenvalue weighted by atomic mass is 10.1. The summed E-state index contributed by atoms with van der Waals surface area (Å²) in [5.74, 6) is 0.650. The van der Waals surface area contributed by atoms with E-state index in [-0.39, 0.29) is 12.6 Å². The number of ether oxygens (including phenoxy) is 1. The molecule has 0 radical (unpaired) electrons. The fourth-order valence-corrected chi connectivity index (χ4v) is 3.12. The Kier molecular flexibility index (Phi) is 8.89. The summed E-state index contributed by atoms with van der Waals surface area (Å²) in [6.07, 6.45) is -1.37. The summed E-state index contributed by atoms with van der Waals surface area (Å²) < 4.78 is 40.8. The monoisotopic (exact) mass is 400 g/mol. The highest BCUT2D eigenvalue weighted by Crippen LogP contribution is 2.24. The van der Waals surface area contributed by atoms with Crippen LogP contribution in [0.4, 0.5) is 18.9 Å². The number of nitrogens with zero attached hydrogens (tertiary/aromatic N) is 2. The number of guanidine groups is 1. The molecule has 2 N–H and O–H groups in total. The molecule has 5 nitrogen and oxygen atoms in total. The van der Waals surface area contributed by atoms with Crippen LogP contribution in [0.3, 0.4) is 0 Å². The van der Waals surface area contributed by atoms with Crippen molar-refractivity contribution in [3.05, 3.63) is 29.8 Å². The number of benzene rings is 1. The highest BCUT2D eigenvalue weighted by molar-refractivity contribution is 5.80. The maximum absolute atomic E-state index is 12.0. The van der Waals surface area contributed by atoms with Crippen LogP contribution in [-0.2, 0) is 4.74 Å². The molecule has 1 heterocycles. The van der Waals surface area contributed by atoms with E-state index in [0.717, 1.165) is 13.1 Å². The Labute approximate surface area is 165 Å². The van der Waals surface area contributed by atoms with E-state index in [4.69, 9.17) is 0 Å². The average Bonchev–Trinajstić information content (AvgIpc) is 3.18. The van der Waals surface area contributed by atoms with E-state index in [0.29, 0.717) is 25.5 Å². The van der Waals surface area contributed by atoms with Crippen molar-refractivity contribution in [1.82, 2.24) is 10.6 Å². The van der Waals surface area contributed by atoms with Gasteiger partial charge in [0.25, 0.3) is 0 Å². The van der Waals surface area contributed by atoms with E-state index >= 15 is 0 Å². The normalized spacial score (nSPS) is 16.3. The minimum Gasteiger partial charge on any atom is -0.372 e. The number of halogens is 3. The zero-order valence-corrected chi connectivity index (χ0v) is 16.7. The van der Waals surface area contributed by atoms with Crippen molar-refractivity contribution >= 4 is 11.6 Å². The van der Waals surface area contributed by atoms with Crippen LogP contribution < -0.4 is 15.5 Å². The zero-order chi connectivity index (χ0) is 20.4. The predicted octanol–water partition coefficient (Wildman–Crippen LogP) is 3.87. The van der Waals surface area contributed by atoms with E-state index in [9.17, 15) is 13.2 Å². The third kappa shape index (κ3) is 7.96. The van der Waals surface area contributed by atoms with Crippen molar-refractivity contribution in [3.63, 3.8) is 0 Å². The second kappa shape index (κ2) is 11.1. The lowest BCUT2D eigenvalue weighted by Crippen LogP contribution is -2.38. The summed E-state index contributed by atoms with van der Waals surface area (Å²) in [6, 6.07) is 8.57. The van der Waals surface area contributed by atoms with Gasteiger partial charge in [-0.2, -0.15) is 13.2 Å². The molecule has 0 aliphatic carbocycles. The first-order valence-electron chi connectivity index (χ1n) is 9.93. The summed E-state index contributed by atoms with van der Waals surface area (Å²) in [6.45, 7) is 6.18. The van der Waals surface area contributed by atoms with Gasteiger partial charge in [-0.25, -0.2) is 0 Å². The predicted molar refractivity (Wildman–Crippen MR) is 107 cm³/mol. The average molecular weight is 400 g/mol. The molecular weight excluding hydrogens is 369 g/mol. The largest absolute Gasteiger partial charge is 0.411 e. The molecule has 158 valence electrons. The Balaban J connectivity index is 1.85. The Morgan fingerprint density at radius 3 is 2.71 bits per heavy atom. The Bertz CT molecular complexity index is 616. The van der Waals surface area contributed by atoms with Crippen LogP contribution >= 0.6 is 0 Å². The molecular formula is C20H31F3N4O. The summed E-state index contributed by atoms with van der Waals surface area (Å²) in [5, 5.41) is 6.54. The number of alkyl halides is 3. The lowest BCUT2D eigenvalue weighted by Gasteiger charge is -2.22. The van der Waals surface area contributed by atoms with Gasteiger partial charge in [0.1, 0.15) is 6.61 Å². The number of nitrogens with one attached hydrogen (secondary N) is 2. The van der Waals surface area contributed by atoms with Gasteiger partial charge < -0.3 is 20.3 Å². The molecule has 0 amide bonds. The number of aliphatic imine (C=N–C) groups is 1. The van der Waals surface area contributed by atoms with Gasteiger partial charge in [0, 0.05) is 38.5 Å². The summed E-state index contributed by atoms with van der Waals surface area (Å²) in [5.41, 5.74) is 2.41. The third-order valence-corrected chi connectivity index (χ3v) is 4.52. The van der Waals surface area contributed by atoms with Gasteiger partial charge in [0.05, 0.1) is 6.04 Å². The molecule has 0 spiro atoms. The topological polar surface area (TPSA) is 48.9 Å². The Morgan fingerprint density at radius 2 is 2.04 bits per heavy atom. The molecule has 1 fully saturated rings. The number of rotatable bonds is 9. The molecule has 1 unspecified atom stereocenters. The highest BCUT2D eigenvalue weighted by Gasteiger charge is 2.27. The summed E-state index contributed by atoms with van der Waals surface area (Å²) in [7, 11) is 0. The van der Waals surface area contributed by atoms with Gasteiger partial charge in [-0.15, -0.1) is 0 Å². The Hall–Kier alpha value is -1.96.